The van der Waals surface area contributed by atoms with Crippen molar-refractivity contribution in [2.45, 2.75) is 33.6 Å². The van der Waals surface area contributed by atoms with Crippen LogP contribution in [0.5, 0.6) is 0 Å². The molecule has 2 aromatic rings. The Balaban J connectivity index is 2.35. The van der Waals surface area contributed by atoms with Gasteiger partial charge in [0.25, 0.3) is 0 Å². The predicted molar refractivity (Wildman–Crippen MR) is 71.5 cm³/mol. The van der Waals surface area contributed by atoms with E-state index in [1.807, 2.05) is 32.9 Å². The number of aliphatic carboxylic acids is 1. The molecule has 0 aliphatic rings. The molecule has 0 atom stereocenters. The molecule has 2 heterocycles. The van der Waals surface area contributed by atoms with Gasteiger partial charge in [-0.05, 0) is 44.4 Å². The molecule has 5 heteroatoms. The number of rotatable bonds is 4. The molecule has 2 rings (SSSR count). The van der Waals surface area contributed by atoms with Gasteiger partial charge in [-0.15, -0.1) is 0 Å². The lowest BCUT2D eigenvalue weighted by Crippen LogP contribution is -2.03. The number of aryl methyl sites for hydroxylation is 2. The summed E-state index contributed by atoms with van der Waals surface area (Å²) in [5.41, 5.74) is 3.90. The Labute approximate surface area is 111 Å². The molecule has 0 radical (unpaired) electrons. The van der Waals surface area contributed by atoms with Crippen LogP contribution in [0.3, 0.4) is 0 Å². The zero-order chi connectivity index (χ0) is 14.0. The third-order valence-electron chi connectivity index (χ3n) is 3.14. The van der Waals surface area contributed by atoms with Crippen LogP contribution in [-0.2, 0) is 11.2 Å². The highest BCUT2D eigenvalue weighted by Gasteiger charge is 2.14. The van der Waals surface area contributed by atoms with Crippen molar-refractivity contribution >= 4 is 5.97 Å². The fraction of sp³-hybridized carbons (Fsp3) is 0.357. The third-order valence-corrected chi connectivity index (χ3v) is 3.14. The van der Waals surface area contributed by atoms with Crippen LogP contribution in [-0.4, -0.2) is 25.8 Å². The molecule has 0 fully saturated rings. The first-order valence-electron chi connectivity index (χ1n) is 6.19. The summed E-state index contributed by atoms with van der Waals surface area (Å²) >= 11 is 0. The van der Waals surface area contributed by atoms with Crippen molar-refractivity contribution in [1.29, 1.82) is 0 Å². The zero-order valence-electron chi connectivity index (χ0n) is 11.3. The first-order chi connectivity index (χ1) is 8.99. The molecule has 0 aromatic carbocycles. The van der Waals surface area contributed by atoms with Crippen LogP contribution in [0, 0.1) is 20.8 Å². The van der Waals surface area contributed by atoms with E-state index in [0.29, 0.717) is 6.42 Å². The van der Waals surface area contributed by atoms with E-state index in [1.54, 1.807) is 10.9 Å². The van der Waals surface area contributed by atoms with Crippen LogP contribution >= 0.6 is 0 Å². The fourth-order valence-electron chi connectivity index (χ4n) is 2.08. The van der Waals surface area contributed by atoms with Crippen molar-refractivity contribution in [2.75, 3.05) is 0 Å². The highest BCUT2D eigenvalue weighted by Crippen LogP contribution is 2.18. The zero-order valence-corrected chi connectivity index (χ0v) is 11.3. The molecule has 0 spiro atoms. The second-order valence-corrected chi connectivity index (χ2v) is 4.65. The van der Waals surface area contributed by atoms with Gasteiger partial charge in [-0.3, -0.25) is 4.79 Å². The van der Waals surface area contributed by atoms with Gasteiger partial charge in [-0.2, -0.15) is 5.10 Å². The highest BCUT2D eigenvalue weighted by atomic mass is 16.4. The molecular weight excluding hydrogens is 242 g/mol. The Hall–Kier alpha value is -2.17. The molecule has 0 amide bonds. The van der Waals surface area contributed by atoms with Gasteiger partial charge in [-0.1, -0.05) is 6.07 Å². The Morgan fingerprint density at radius 2 is 2.05 bits per heavy atom. The summed E-state index contributed by atoms with van der Waals surface area (Å²) in [7, 11) is 0. The largest absolute Gasteiger partial charge is 0.481 e. The van der Waals surface area contributed by atoms with Crippen LogP contribution in [0.2, 0.25) is 0 Å². The SMILES string of the molecule is Cc1ccc(-n2nc(C)c(CCC(=O)O)c2C)nc1. The predicted octanol–water partition coefficient (Wildman–Crippen LogP) is 2.21. The van der Waals surface area contributed by atoms with Crippen LogP contribution < -0.4 is 0 Å². The lowest BCUT2D eigenvalue weighted by atomic mass is 10.1. The van der Waals surface area contributed by atoms with E-state index >= 15 is 0 Å². The summed E-state index contributed by atoms with van der Waals surface area (Å²) in [6, 6.07) is 3.89. The minimum atomic E-state index is -0.792. The second kappa shape index (κ2) is 5.22. The van der Waals surface area contributed by atoms with Crippen LogP contribution in [0.25, 0.3) is 5.82 Å². The molecule has 0 bridgehead atoms. The van der Waals surface area contributed by atoms with E-state index in [1.165, 1.54) is 0 Å². The molecule has 5 nitrogen and oxygen atoms in total. The Kier molecular flexibility index (Phi) is 3.64. The molecule has 19 heavy (non-hydrogen) atoms. The Bertz CT molecular complexity index is 600. The van der Waals surface area contributed by atoms with Crippen LogP contribution in [0.15, 0.2) is 18.3 Å². The molecular formula is C14H17N3O2. The van der Waals surface area contributed by atoms with Crippen molar-refractivity contribution in [3.63, 3.8) is 0 Å². The van der Waals surface area contributed by atoms with Crippen molar-refractivity contribution in [3.05, 3.63) is 40.8 Å². The van der Waals surface area contributed by atoms with E-state index in [9.17, 15) is 4.79 Å². The highest BCUT2D eigenvalue weighted by molar-refractivity contribution is 5.67. The summed E-state index contributed by atoms with van der Waals surface area (Å²) < 4.78 is 1.77. The van der Waals surface area contributed by atoms with Crippen LogP contribution in [0.4, 0.5) is 0 Å². The van der Waals surface area contributed by atoms with Crippen molar-refractivity contribution in [2.24, 2.45) is 0 Å². The number of carbonyl (C=O) groups is 1. The van der Waals surface area contributed by atoms with Gasteiger partial charge < -0.3 is 5.11 Å². The molecule has 100 valence electrons. The fourth-order valence-corrected chi connectivity index (χ4v) is 2.08. The van der Waals surface area contributed by atoms with Gasteiger partial charge in [0.2, 0.25) is 0 Å². The monoisotopic (exact) mass is 259 g/mol. The molecule has 0 saturated carbocycles. The van der Waals surface area contributed by atoms with Gasteiger partial charge in [-0.25, -0.2) is 9.67 Å². The summed E-state index contributed by atoms with van der Waals surface area (Å²) in [6.45, 7) is 5.82. The smallest absolute Gasteiger partial charge is 0.303 e. The summed E-state index contributed by atoms with van der Waals surface area (Å²) in [4.78, 5) is 15.0. The lowest BCUT2D eigenvalue weighted by Gasteiger charge is -2.04. The van der Waals surface area contributed by atoms with Gasteiger partial charge >= 0.3 is 5.97 Å². The number of hydrogen-bond acceptors (Lipinski definition) is 3. The van der Waals surface area contributed by atoms with Crippen LogP contribution in [0.1, 0.15) is 28.9 Å². The van der Waals surface area contributed by atoms with Gasteiger partial charge in [0.05, 0.1) is 5.69 Å². The molecule has 1 N–H and O–H groups in total. The normalized spacial score (nSPS) is 10.7. The van der Waals surface area contributed by atoms with E-state index in [-0.39, 0.29) is 6.42 Å². The van der Waals surface area contributed by atoms with Gasteiger partial charge in [0.15, 0.2) is 5.82 Å². The second-order valence-electron chi connectivity index (χ2n) is 4.65. The minimum Gasteiger partial charge on any atom is -0.481 e. The maximum Gasteiger partial charge on any atom is 0.303 e. The lowest BCUT2D eigenvalue weighted by molar-refractivity contribution is -0.136. The average molecular weight is 259 g/mol. The van der Waals surface area contributed by atoms with Gasteiger partial charge in [0, 0.05) is 18.3 Å². The number of pyridine rings is 1. The Morgan fingerprint density at radius 1 is 1.32 bits per heavy atom. The summed E-state index contributed by atoms with van der Waals surface area (Å²) in [5.74, 6) is -0.0345. The Morgan fingerprint density at radius 3 is 2.63 bits per heavy atom. The quantitative estimate of drug-likeness (QED) is 0.914. The molecule has 2 aromatic heterocycles. The molecule has 0 saturated heterocycles. The first-order valence-corrected chi connectivity index (χ1v) is 6.19. The summed E-state index contributed by atoms with van der Waals surface area (Å²) in [5, 5.41) is 13.2. The van der Waals surface area contributed by atoms with E-state index in [2.05, 4.69) is 10.1 Å². The minimum absolute atomic E-state index is 0.120. The number of aromatic nitrogens is 3. The number of hydrogen-bond donors (Lipinski definition) is 1. The van der Waals surface area contributed by atoms with Crippen molar-refractivity contribution in [1.82, 2.24) is 14.8 Å². The molecule has 0 unspecified atom stereocenters. The van der Waals surface area contributed by atoms with Gasteiger partial charge in [0.1, 0.15) is 0 Å². The maximum atomic E-state index is 10.7. The molecule has 0 aliphatic carbocycles. The van der Waals surface area contributed by atoms with E-state index in [4.69, 9.17) is 5.11 Å². The van der Waals surface area contributed by atoms with E-state index in [0.717, 1.165) is 28.3 Å². The number of carboxylic acid groups (broad SMARTS) is 1. The number of nitrogens with zero attached hydrogens (tertiary/aromatic N) is 3. The molecule has 0 aliphatic heterocycles. The average Bonchev–Trinajstić information content (AvgIpc) is 2.63. The first kappa shape index (κ1) is 13.3. The maximum absolute atomic E-state index is 10.7. The number of carboxylic acids is 1. The van der Waals surface area contributed by atoms with Crippen molar-refractivity contribution < 1.29 is 9.90 Å². The summed E-state index contributed by atoms with van der Waals surface area (Å²) in [6.07, 6.45) is 2.41. The standard InChI is InChI=1S/C14H17N3O2/c1-9-4-6-13(15-8-9)17-11(3)12(10(2)16-17)5-7-14(18)19/h4,6,8H,5,7H2,1-3H3,(H,18,19). The van der Waals surface area contributed by atoms with Crippen molar-refractivity contribution in [3.8, 4) is 5.82 Å². The topological polar surface area (TPSA) is 68.0 Å². The third kappa shape index (κ3) is 2.81. The van der Waals surface area contributed by atoms with E-state index < -0.39 is 5.97 Å².